The lowest BCUT2D eigenvalue weighted by atomic mass is 9.84. The summed E-state index contributed by atoms with van der Waals surface area (Å²) in [5.41, 5.74) is -2.40. The van der Waals surface area contributed by atoms with E-state index in [0.717, 1.165) is 58.9 Å². The van der Waals surface area contributed by atoms with Gasteiger partial charge >= 0.3 is 6.18 Å². The molecule has 0 bridgehead atoms. The molecule has 3 heterocycles. The first-order chi connectivity index (χ1) is 43.5. The highest BCUT2D eigenvalue weighted by Gasteiger charge is 2.49. The van der Waals surface area contributed by atoms with Crippen LogP contribution in [0.25, 0.3) is 0 Å². The summed E-state index contributed by atoms with van der Waals surface area (Å²) in [5, 5.41) is 8.06. The number of fused-ring (bicyclic) bond motifs is 1. The molecule has 1 aromatic carbocycles. The van der Waals surface area contributed by atoms with E-state index >= 15 is 9.59 Å². The molecule has 0 aromatic heterocycles. The fourth-order valence-electron chi connectivity index (χ4n) is 12.9. The smallest absolute Gasteiger partial charge is 0.381 e. The molecule has 0 unspecified atom stereocenters. The van der Waals surface area contributed by atoms with Crippen molar-refractivity contribution in [2.24, 2.45) is 23.7 Å². The van der Waals surface area contributed by atoms with Gasteiger partial charge in [-0.1, -0.05) is 97.7 Å². The zero-order valence-electron chi connectivity index (χ0n) is 57.1. The van der Waals surface area contributed by atoms with Crippen LogP contribution >= 0.6 is 11.6 Å². The third-order valence-electron chi connectivity index (χ3n) is 19.3. The number of halogens is 4. The summed E-state index contributed by atoms with van der Waals surface area (Å²) in [7, 11) is 10.1. The zero-order chi connectivity index (χ0) is 69.6. The number of likely N-dealkylation sites (N-methyl/N-ethyl adjacent to an activating group) is 7. The van der Waals surface area contributed by atoms with Crippen LogP contribution in [0.3, 0.4) is 0 Å². The quantitative estimate of drug-likeness (QED) is 0.261. The van der Waals surface area contributed by atoms with Gasteiger partial charge in [-0.2, -0.15) is 13.2 Å². The number of alkyl halides is 3. The van der Waals surface area contributed by atoms with Gasteiger partial charge < -0.3 is 59.9 Å². The van der Waals surface area contributed by atoms with Crippen LogP contribution in [-0.4, -0.2) is 241 Å². The number of aryl methyl sites for hydroxylation is 1. The van der Waals surface area contributed by atoms with Crippen LogP contribution in [-0.2, 0) is 70.1 Å². The summed E-state index contributed by atoms with van der Waals surface area (Å²) >= 11 is 6.13. The molecule has 8 atom stereocenters. The molecule has 1 spiro atoms. The molecule has 3 N–H and O–H groups in total. The molecule has 1 saturated carbocycles. The molecule has 27 heteroatoms. The summed E-state index contributed by atoms with van der Waals surface area (Å²) in [6.45, 7) is 11.3. The molecule has 23 nitrogen and oxygen atoms in total. The number of rotatable bonds is 11. The van der Waals surface area contributed by atoms with Gasteiger partial charge in [-0.05, 0) is 93.2 Å². The molecule has 522 valence electrons. The highest BCUT2D eigenvalue weighted by atomic mass is 35.5. The van der Waals surface area contributed by atoms with Crippen molar-refractivity contribution in [3.8, 4) is 0 Å². The number of amides is 11. The van der Waals surface area contributed by atoms with Gasteiger partial charge in [-0.15, -0.1) is 0 Å². The Labute approximate surface area is 552 Å². The third-order valence-corrected chi connectivity index (χ3v) is 19.6. The van der Waals surface area contributed by atoms with Crippen LogP contribution in [0.5, 0.6) is 0 Å². The Morgan fingerprint density at radius 3 is 1.83 bits per heavy atom. The van der Waals surface area contributed by atoms with E-state index in [0.29, 0.717) is 18.4 Å². The minimum Gasteiger partial charge on any atom is -0.381 e. The largest absolute Gasteiger partial charge is 0.417 e. The van der Waals surface area contributed by atoms with Crippen LogP contribution in [0.1, 0.15) is 156 Å². The number of nitrogens with one attached hydrogen (secondary N) is 3. The van der Waals surface area contributed by atoms with E-state index in [9.17, 15) is 56.3 Å². The monoisotopic (exact) mass is 1330 g/mol. The fraction of sp³-hybridized carbons (Fsp3) is 0.742. The number of hydrogen-bond acceptors (Lipinski definition) is 12. The Balaban J connectivity index is 1.58. The van der Waals surface area contributed by atoms with E-state index in [1.807, 2.05) is 34.6 Å². The zero-order valence-corrected chi connectivity index (χ0v) is 57.9. The molecule has 4 aliphatic rings. The topological polar surface area (TPSA) is 259 Å². The van der Waals surface area contributed by atoms with Gasteiger partial charge in [0, 0.05) is 94.4 Å². The highest BCUT2D eigenvalue weighted by molar-refractivity contribution is 6.31. The van der Waals surface area contributed by atoms with Crippen LogP contribution in [0.2, 0.25) is 5.02 Å². The maximum atomic E-state index is 15.3. The Kier molecular flexibility index (Phi) is 28.4. The van der Waals surface area contributed by atoms with Crippen molar-refractivity contribution in [3.05, 3.63) is 34.3 Å². The van der Waals surface area contributed by atoms with Crippen molar-refractivity contribution in [2.45, 2.75) is 205 Å². The Bertz CT molecular complexity index is 2830. The number of hydrogen-bond donors (Lipinski definition) is 3. The van der Waals surface area contributed by atoms with Gasteiger partial charge in [-0.3, -0.25) is 52.7 Å². The molecule has 5 rings (SSSR count). The Morgan fingerprint density at radius 2 is 1.24 bits per heavy atom. The average Bonchev–Trinajstić information content (AvgIpc) is 1.40. The minimum atomic E-state index is -4.75. The number of ether oxygens (including phenoxy) is 1. The standard InChI is InChI=1S/C66H103ClF3N11O12/c1-15-42(6)57-63(91)76(10)38-55(84)74(8)39-56(85)79(13)52(36-44-20-17-16-18-21-44)61(89)75(9)37-53(82)71-48(26-24-45-23-25-46(47(67)35-45)66(68,69)70)60(88)81-29-19-22-49(81)59(87)73-65(27-30-93-31-28-65)64(92)80(14)51(33-41(4)5)62(90)77(11)43(7)34-54(83)78(12)50(32-40(2)3)58(86)72-57/h23,25,35,40-44,48-52,57H,15-22,24,26-34,36-39H2,1-14H3,(H,71,82)(H,72,86)(H,73,87)/t42-,43+,48-,49-,50-,51-,52-,57-/m0/s1. The second kappa shape index (κ2) is 34.2. The molecule has 3 aliphatic heterocycles. The van der Waals surface area contributed by atoms with Gasteiger partial charge in [0.1, 0.15) is 41.8 Å². The molecule has 1 aliphatic carbocycles. The van der Waals surface area contributed by atoms with E-state index in [-0.39, 0.29) is 95.3 Å². The van der Waals surface area contributed by atoms with Crippen molar-refractivity contribution < 1.29 is 70.6 Å². The van der Waals surface area contributed by atoms with Gasteiger partial charge in [0.15, 0.2) is 0 Å². The van der Waals surface area contributed by atoms with Crippen LogP contribution < -0.4 is 16.0 Å². The van der Waals surface area contributed by atoms with Gasteiger partial charge in [0.25, 0.3) is 0 Å². The maximum Gasteiger partial charge on any atom is 0.417 e. The second-order valence-corrected chi connectivity index (χ2v) is 27.7. The lowest BCUT2D eigenvalue weighted by molar-refractivity contribution is -0.154. The van der Waals surface area contributed by atoms with Gasteiger partial charge in [0.2, 0.25) is 65.0 Å². The summed E-state index contributed by atoms with van der Waals surface area (Å²) < 4.78 is 47.1. The van der Waals surface area contributed by atoms with Crippen molar-refractivity contribution in [1.29, 1.82) is 0 Å². The van der Waals surface area contributed by atoms with E-state index in [1.54, 1.807) is 13.8 Å². The van der Waals surface area contributed by atoms with Gasteiger partial charge in [0.05, 0.1) is 30.2 Å². The molecule has 1 aromatic rings. The third kappa shape index (κ3) is 20.5. The average molecular weight is 1340 g/mol. The van der Waals surface area contributed by atoms with Crippen molar-refractivity contribution in [3.63, 3.8) is 0 Å². The Hall–Kier alpha value is -6.57. The van der Waals surface area contributed by atoms with E-state index in [1.165, 1.54) is 79.9 Å². The van der Waals surface area contributed by atoms with Crippen LogP contribution in [0.4, 0.5) is 13.2 Å². The fourth-order valence-corrected chi connectivity index (χ4v) is 13.3. The lowest BCUT2D eigenvalue weighted by Gasteiger charge is -2.43. The molecule has 3 saturated heterocycles. The molecule has 0 radical (unpaired) electrons. The van der Waals surface area contributed by atoms with E-state index in [2.05, 4.69) is 16.0 Å². The number of benzene rings is 1. The number of nitrogens with zero attached hydrogens (tertiary/aromatic N) is 8. The molecular weight excluding hydrogens is 1230 g/mol. The summed E-state index contributed by atoms with van der Waals surface area (Å²) in [5.74, 6) is -7.55. The van der Waals surface area contributed by atoms with Crippen molar-refractivity contribution >= 4 is 76.6 Å². The van der Waals surface area contributed by atoms with E-state index < -0.39 is 155 Å². The predicted molar refractivity (Wildman–Crippen MR) is 343 cm³/mol. The number of carbonyl (C=O) groups is 11. The lowest BCUT2D eigenvalue weighted by Crippen LogP contribution is -2.66. The van der Waals surface area contributed by atoms with Gasteiger partial charge in [-0.25, -0.2) is 0 Å². The second-order valence-electron chi connectivity index (χ2n) is 27.3. The highest BCUT2D eigenvalue weighted by Crippen LogP contribution is 2.36. The van der Waals surface area contributed by atoms with Crippen molar-refractivity contribution in [1.82, 2.24) is 55.1 Å². The first-order valence-electron chi connectivity index (χ1n) is 33.0. The Morgan fingerprint density at radius 1 is 0.645 bits per heavy atom. The SMILES string of the molecule is CC[C@H](C)[C@@H]1NC(=O)[C@H](CC(C)C)N(C)C(=O)C[C@@H](C)N(C)C(=O)[C@H](CC(C)C)N(C)C(=O)C2(CCOCC2)NC(=O)[C@@H]2CCCN2C(=O)[C@H](CCc2ccc(C(F)(F)F)c(Cl)c2)NC(=O)CN(C)C(=O)[C@H](CC2CCCCC2)N(C)C(=O)CN(C)C(=O)CN(C)C1=O. The minimum absolute atomic E-state index is 0.00483. The van der Waals surface area contributed by atoms with E-state index in [4.69, 9.17) is 16.3 Å². The molecule has 93 heavy (non-hydrogen) atoms. The summed E-state index contributed by atoms with van der Waals surface area (Å²) in [4.78, 5) is 171. The van der Waals surface area contributed by atoms with Crippen LogP contribution in [0.15, 0.2) is 18.2 Å². The molecular formula is C66H103ClF3N11O12. The predicted octanol–water partition coefficient (Wildman–Crippen LogP) is 5.13. The van der Waals surface area contributed by atoms with Crippen molar-refractivity contribution in [2.75, 3.05) is 88.7 Å². The molecule has 4 fully saturated rings. The molecule has 11 amide bonds. The first-order valence-corrected chi connectivity index (χ1v) is 33.4. The number of carbonyl (C=O) groups excluding carboxylic acids is 11. The first kappa shape index (κ1) is 77.1. The van der Waals surface area contributed by atoms with Crippen LogP contribution in [0, 0.1) is 23.7 Å². The summed E-state index contributed by atoms with van der Waals surface area (Å²) in [6, 6.07) is -4.67. The normalized spacial score (nSPS) is 26.1. The summed E-state index contributed by atoms with van der Waals surface area (Å²) in [6.07, 6.45) is 0.592. The maximum absolute atomic E-state index is 15.3.